The number of carbonyl (C=O) groups is 1. The van der Waals surface area contributed by atoms with E-state index in [0.717, 1.165) is 51.5 Å². The van der Waals surface area contributed by atoms with Gasteiger partial charge in [-0.15, -0.1) is 0 Å². The highest BCUT2D eigenvalue weighted by atomic mass is 16.5. The van der Waals surface area contributed by atoms with Crippen LogP contribution in [0.15, 0.2) is 35.3 Å². The highest BCUT2D eigenvalue weighted by Gasteiger charge is 2.28. The van der Waals surface area contributed by atoms with Crippen LogP contribution in [0.1, 0.15) is 37.3 Å². The highest BCUT2D eigenvalue weighted by Crippen LogP contribution is 2.25. The molecule has 0 spiro atoms. The van der Waals surface area contributed by atoms with Crippen molar-refractivity contribution >= 4 is 11.9 Å². The first-order chi connectivity index (χ1) is 13.2. The number of guanidine groups is 1. The van der Waals surface area contributed by atoms with Gasteiger partial charge in [-0.3, -0.25) is 14.7 Å². The largest absolute Gasteiger partial charge is 0.469 e. The summed E-state index contributed by atoms with van der Waals surface area (Å²) < 4.78 is 4.89. The summed E-state index contributed by atoms with van der Waals surface area (Å²) in [5.74, 6) is 0.861. The number of methoxy groups -OCH3 is 1. The summed E-state index contributed by atoms with van der Waals surface area (Å²) in [6.07, 6.45) is 4.20. The number of nitrogens with one attached hydrogen (secondary N) is 1. The Bertz CT molecular complexity index is 620. The number of piperidine rings is 1. The van der Waals surface area contributed by atoms with E-state index in [4.69, 9.17) is 4.74 Å². The van der Waals surface area contributed by atoms with Crippen LogP contribution in [0, 0.1) is 5.92 Å². The zero-order chi connectivity index (χ0) is 19.1. The van der Waals surface area contributed by atoms with E-state index < -0.39 is 0 Å². The monoisotopic (exact) mass is 372 g/mol. The number of carbonyl (C=O) groups excluding carboxylic acids is 1. The van der Waals surface area contributed by atoms with Gasteiger partial charge in [0.2, 0.25) is 0 Å². The van der Waals surface area contributed by atoms with Gasteiger partial charge >= 0.3 is 5.97 Å². The Kier molecular flexibility index (Phi) is 7.10. The Morgan fingerprint density at radius 1 is 1.19 bits per heavy atom. The number of aliphatic imine (C=N–C) groups is 1. The number of likely N-dealkylation sites (tertiary alicyclic amines) is 2. The molecule has 2 heterocycles. The fourth-order valence-corrected chi connectivity index (χ4v) is 4.20. The van der Waals surface area contributed by atoms with Crippen molar-refractivity contribution in [2.75, 3.05) is 46.9 Å². The molecule has 2 fully saturated rings. The standard InChI is InChI=1S/C21H32N4O2/c1-22-21(25-14-10-18(11-15-25)20(26)27-2)23-16-19(24-12-6-7-13-24)17-8-4-3-5-9-17/h3-5,8-9,18-19H,6-7,10-16H2,1-2H3,(H,22,23). The van der Waals surface area contributed by atoms with Crippen molar-refractivity contribution in [2.24, 2.45) is 10.9 Å². The van der Waals surface area contributed by atoms with Crippen LogP contribution in [0.25, 0.3) is 0 Å². The van der Waals surface area contributed by atoms with Gasteiger partial charge in [-0.05, 0) is 44.3 Å². The molecule has 0 radical (unpaired) electrons. The molecule has 3 rings (SSSR count). The first-order valence-electron chi connectivity index (χ1n) is 10.1. The van der Waals surface area contributed by atoms with Crippen molar-refractivity contribution in [3.05, 3.63) is 35.9 Å². The zero-order valence-electron chi connectivity index (χ0n) is 16.6. The second-order valence-electron chi connectivity index (χ2n) is 7.38. The van der Waals surface area contributed by atoms with Crippen molar-refractivity contribution in [3.63, 3.8) is 0 Å². The molecule has 0 amide bonds. The molecule has 1 unspecified atom stereocenters. The normalized spacial score (nSPS) is 20.5. The molecule has 6 heteroatoms. The third kappa shape index (κ3) is 5.01. The second kappa shape index (κ2) is 9.74. The predicted molar refractivity (Wildman–Crippen MR) is 108 cm³/mol. The van der Waals surface area contributed by atoms with Crippen LogP contribution in [0.3, 0.4) is 0 Å². The van der Waals surface area contributed by atoms with Crippen molar-refractivity contribution in [2.45, 2.75) is 31.7 Å². The highest BCUT2D eigenvalue weighted by molar-refractivity contribution is 5.80. The van der Waals surface area contributed by atoms with Gasteiger partial charge in [-0.2, -0.15) is 0 Å². The summed E-state index contributed by atoms with van der Waals surface area (Å²) in [7, 11) is 3.30. The number of rotatable bonds is 5. The fraction of sp³-hybridized carbons (Fsp3) is 0.619. The van der Waals surface area contributed by atoms with E-state index >= 15 is 0 Å². The van der Waals surface area contributed by atoms with Crippen LogP contribution in [-0.4, -0.2) is 68.6 Å². The van der Waals surface area contributed by atoms with Crippen molar-refractivity contribution in [3.8, 4) is 0 Å². The molecule has 0 saturated carbocycles. The number of esters is 1. The van der Waals surface area contributed by atoms with Crippen LogP contribution in [0.4, 0.5) is 0 Å². The molecule has 0 aromatic heterocycles. The maximum absolute atomic E-state index is 11.7. The first-order valence-corrected chi connectivity index (χ1v) is 10.1. The smallest absolute Gasteiger partial charge is 0.308 e. The Morgan fingerprint density at radius 3 is 2.44 bits per heavy atom. The Hall–Kier alpha value is -2.08. The van der Waals surface area contributed by atoms with Crippen LogP contribution in [0.2, 0.25) is 0 Å². The van der Waals surface area contributed by atoms with Crippen LogP contribution < -0.4 is 5.32 Å². The molecule has 2 aliphatic rings. The number of hydrogen-bond acceptors (Lipinski definition) is 4. The van der Waals surface area contributed by atoms with Crippen molar-refractivity contribution < 1.29 is 9.53 Å². The van der Waals surface area contributed by atoms with E-state index in [9.17, 15) is 4.79 Å². The van der Waals surface area contributed by atoms with Crippen LogP contribution in [0.5, 0.6) is 0 Å². The molecule has 0 bridgehead atoms. The lowest BCUT2D eigenvalue weighted by atomic mass is 9.97. The minimum Gasteiger partial charge on any atom is -0.469 e. The van der Waals surface area contributed by atoms with Crippen LogP contribution in [-0.2, 0) is 9.53 Å². The Labute approximate surface area is 162 Å². The van der Waals surface area contributed by atoms with Gasteiger partial charge < -0.3 is 15.0 Å². The van der Waals surface area contributed by atoms with E-state index in [0.29, 0.717) is 6.04 Å². The van der Waals surface area contributed by atoms with E-state index in [1.807, 2.05) is 7.05 Å². The lowest BCUT2D eigenvalue weighted by Gasteiger charge is -2.35. The van der Waals surface area contributed by atoms with E-state index in [-0.39, 0.29) is 11.9 Å². The van der Waals surface area contributed by atoms with Crippen molar-refractivity contribution in [1.29, 1.82) is 0 Å². The fourth-order valence-electron chi connectivity index (χ4n) is 4.20. The van der Waals surface area contributed by atoms with Crippen molar-refractivity contribution in [1.82, 2.24) is 15.1 Å². The maximum Gasteiger partial charge on any atom is 0.308 e. The molecule has 1 aromatic rings. The lowest BCUT2D eigenvalue weighted by Crippen LogP contribution is -2.48. The minimum atomic E-state index is -0.0872. The van der Waals surface area contributed by atoms with Gasteiger partial charge in [-0.25, -0.2) is 0 Å². The first kappa shape index (κ1) is 19.7. The molecule has 1 aromatic carbocycles. The summed E-state index contributed by atoms with van der Waals surface area (Å²) in [5, 5.41) is 3.59. The second-order valence-corrected chi connectivity index (χ2v) is 7.38. The third-order valence-corrected chi connectivity index (χ3v) is 5.76. The molecule has 27 heavy (non-hydrogen) atoms. The molecule has 6 nitrogen and oxygen atoms in total. The van der Waals surface area contributed by atoms with Gasteiger partial charge in [0.15, 0.2) is 5.96 Å². The van der Waals surface area contributed by atoms with Gasteiger partial charge in [0.1, 0.15) is 0 Å². The molecule has 2 aliphatic heterocycles. The molecular formula is C21H32N4O2. The predicted octanol–water partition coefficient (Wildman–Crippen LogP) is 2.28. The van der Waals surface area contributed by atoms with E-state index in [1.165, 1.54) is 25.5 Å². The Morgan fingerprint density at radius 2 is 1.85 bits per heavy atom. The minimum absolute atomic E-state index is 0.0195. The molecular weight excluding hydrogens is 340 g/mol. The number of ether oxygens (including phenoxy) is 1. The third-order valence-electron chi connectivity index (χ3n) is 5.76. The van der Waals surface area contributed by atoms with Gasteiger partial charge in [0.25, 0.3) is 0 Å². The quantitative estimate of drug-likeness (QED) is 0.488. The number of hydrogen-bond donors (Lipinski definition) is 1. The SMILES string of the molecule is CN=C(NCC(c1ccccc1)N1CCCC1)N1CCC(C(=O)OC)CC1. The van der Waals surface area contributed by atoms with Gasteiger partial charge in [0.05, 0.1) is 19.1 Å². The molecule has 2 saturated heterocycles. The van der Waals surface area contributed by atoms with Gasteiger partial charge in [-0.1, -0.05) is 30.3 Å². The summed E-state index contributed by atoms with van der Waals surface area (Å²) in [5.41, 5.74) is 1.35. The molecule has 1 N–H and O–H groups in total. The lowest BCUT2D eigenvalue weighted by molar-refractivity contribution is -0.146. The number of benzene rings is 1. The topological polar surface area (TPSA) is 57.2 Å². The average Bonchev–Trinajstić information content (AvgIpc) is 3.26. The zero-order valence-corrected chi connectivity index (χ0v) is 16.6. The van der Waals surface area contributed by atoms with E-state index in [2.05, 4.69) is 50.4 Å². The van der Waals surface area contributed by atoms with Crippen LogP contribution >= 0.6 is 0 Å². The summed E-state index contributed by atoms with van der Waals surface area (Å²) in [6, 6.07) is 11.1. The maximum atomic E-state index is 11.7. The van der Waals surface area contributed by atoms with Gasteiger partial charge in [0, 0.05) is 26.7 Å². The summed E-state index contributed by atoms with van der Waals surface area (Å²) in [4.78, 5) is 21.1. The number of nitrogens with zero attached hydrogens (tertiary/aromatic N) is 3. The molecule has 1 atom stereocenters. The molecule has 0 aliphatic carbocycles. The summed E-state index contributed by atoms with van der Waals surface area (Å²) >= 11 is 0. The average molecular weight is 373 g/mol. The molecule has 148 valence electrons. The summed E-state index contributed by atoms with van der Waals surface area (Å²) in [6.45, 7) is 4.82. The van der Waals surface area contributed by atoms with E-state index in [1.54, 1.807) is 0 Å². The Balaban J connectivity index is 1.59.